The summed E-state index contributed by atoms with van der Waals surface area (Å²) in [5.74, 6) is 0.992. The number of halogens is 1. The molecule has 0 spiro atoms. The van der Waals surface area contributed by atoms with E-state index in [4.69, 9.17) is 21.3 Å². The number of pyridine rings is 1. The second kappa shape index (κ2) is 14.0. The molecule has 5 nitrogen and oxygen atoms in total. The number of benzene rings is 3. The second-order valence-corrected chi connectivity index (χ2v) is 10.8. The van der Waals surface area contributed by atoms with Gasteiger partial charge in [0.1, 0.15) is 17.3 Å². The zero-order valence-corrected chi connectivity index (χ0v) is 25.5. The first-order valence-corrected chi connectivity index (χ1v) is 14.5. The van der Waals surface area contributed by atoms with Gasteiger partial charge in [-0.3, -0.25) is 0 Å². The number of aromatic carboxylic acids is 1. The molecule has 0 saturated heterocycles. The van der Waals surface area contributed by atoms with Crippen LogP contribution in [-0.2, 0) is 0 Å². The molecule has 0 saturated carbocycles. The predicted molar refractivity (Wildman–Crippen MR) is 175 cm³/mol. The summed E-state index contributed by atoms with van der Waals surface area (Å²) in [6.07, 6.45) is 7.67. The van der Waals surface area contributed by atoms with Crippen molar-refractivity contribution >= 4 is 41.1 Å². The number of aryl methyl sites for hydroxylation is 2. The van der Waals surface area contributed by atoms with Crippen LogP contribution in [0.5, 0.6) is 11.5 Å². The Hall–Kier alpha value is -4.35. The number of hydrogen-bond acceptors (Lipinski definition) is 4. The van der Waals surface area contributed by atoms with Crippen LogP contribution in [0, 0.1) is 13.8 Å². The number of ether oxygens (including phenoxy) is 1. The van der Waals surface area contributed by atoms with Crippen molar-refractivity contribution in [3.8, 4) is 11.5 Å². The Morgan fingerprint density at radius 2 is 1.67 bits per heavy atom. The van der Waals surface area contributed by atoms with Gasteiger partial charge >= 0.3 is 5.97 Å². The number of allylic oxidation sites excluding steroid dienone is 2. The molecular formula is C36H37ClN2O3. The summed E-state index contributed by atoms with van der Waals surface area (Å²) in [7, 11) is 0. The first-order chi connectivity index (χ1) is 20.2. The van der Waals surface area contributed by atoms with Crippen LogP contribution in [-0.4, -0.2) is 16.1 Å². The summed E-state index contributed by atoms with van der Waals surface area (Å²) in [6.45, 7) is 10.00. The number of anilines is 1. The van der Waals surface area contributed by atoms with Crippen LogP contribution >= 0.6 is 11.6 Å². The fourth-order valence-electron chi connectivity index (χ4n) is 4.75. The first-order valence-electron chi connectivity index (χ1n) is 14.2. The highest BCUT2D eigenvalue weighted by Gasteiger charge is 2.20. The summed E-state index contributed by atoms with van der Waals surface area (Å²) in [4.78, 5) is 17.3. The van der Waals surface area contributed by atoms with Gasteiger partial charge in [-0.15, -0.1) is 0 Å². The molecule has 0 bridgehead atoms. The maximum Gasteiger partial charge on any atom is 0.336 e. The minimum Gasteiger partial charge on any atom is -0.478 e. The van der Waals surface area contributed by atoms with Crippen LogP contribution in [0.4, 0.5) is 5.82 Å². The maximum atomic E-state index is 12.5. The Balaban J connectivity index is 1.65. The summed E-state index contributed by atoms with van der Waals surface area (Å²) in [5.41, 5.74) is 6.22. The highest BCUT2D eigenvalue weighted by atomic mass is 35.5. The Morgan fingerprint density at radius 1 is 1.00 bits per heavy atom. The molecule has 1 unspecified atom stereocenters. The molecule has 1 aromatic heterocycles. The fourth-order valence-corrected chi connectivity index (χ4v) is 4.85. The number of hydrogen-bond donors (Lipinski definition) is 2. The van der Waals surface area contributed by atoms with E-state index in [2.05, 4.69) is 18.3 Å². The Bertz CT molecular complexity index is 1590. The minimum atomic E-state index is -0.990. The summed E-state index contributed by atoms with van der Waals surface area (Å²) >= 11 is 6.31. The van der Waals surface area contributed by atoms with Crippen molar-refractivity contribution in [1.82, 2.24) is 4.98 Å². The largest absolute Gasteiger partial charge is 0.478 e. The highest BCUT2D eigenvalue weighted by molar-refractivity contribution is 6.32. The summed E-state index contributed by atoms with van der Waals surface area (Å²) < 4.78 is 6.09. The Morgan fingerprint density at radius 3 is 2.29 bits per heavy atom. The molecule has 0 radical (unpaired) electrons. The van der Waals surface area contributed by atoms with Crippen molar-refractivity contribution < 1.29 is 14.6 Å². The molecule has 216 valence electrons. The quantitative estimate of drug-likeness (QED) is 0.185. The molecule has 3 aromatic carbocycles. The first kappa shape index (κ1) is 30.6. The molecule has 0 amide bonds. The van der Waals surface area contributed by atoms with Gasteiger partial charge in [0.25, 0.3) is 0 Å². The lowest BCUT2D eigenvalue weighted by molar-refractivity contribution is 0.0696. The van der Waals surface area contributed by atoms with E-state index in [-0.39, 0.29) is 11.6 Å². The van der Waals surface area contributed by atoms with Crippen LogP contribution in [0.3, 0.4) is 0 Å². The molecule has 1 heterocycles. The topological polar surface area (TPSA) is 71.5 Å². The number of nitrogens with one attached hydrogen (secondary N) is 1. The highest BCUT2D eigenvalue weighted by Crippen LogP contribution is 2.33. The summed E-state index contributed by atoms with van der Waals surface area (Å²) in [5, 5.41) is 14.4. The number of carboxylic acid groups (broad SMARTS) is 1. The molecule has 0 fully saturated rings. The molecule has 42 heavy (non-hydrogen) atoms. The molecule has 2 N–H and O–H groups in total. The lowest BCUT2D eigenvalue weighted by Crippen LogP contribution is -2.13. The standard InChI is InChI=1S/C36H37ClN2O3/c1-6-7-11-23(2)33-32(36(40)41)22-29(17-14-27-12-9-8-10-13-27)39-35(33)38-26(5)28-15-18-30(19-16-28)42-31-20-24(3)34(37)25(4)21-31/h8-22,26H,6-7H2,1-5H3,(H,38,39)(H,40,41)/b17-14+,23-11-. The molecule has 6 heteroatoms. The SMILES string of the molecule is CCC/C=C(/C)c1c(C(=O)O)cc(/C=C/c2ccccc2)nc1NC(C)c1ccc(Oc2cc(C)c(Cl)c(C)c2)cc1. The van der Waals surface area contributed by atoms with Crippen LogP contribution in [0.25, 0.3) is 17.7 Å². The average Bonchev–Trinajstić information content (AvgIpc) is 2.98. The van der Waals surface area contributed by atoms with Gasteiger partial charge in [0.2, 0.25) is 0 Å². The number of carboxylic acids is 1. The average molecular weight is 581 g/mol. The van der Waals surface area contributed by atoms with Crippen molar-refractivity contribution in [2.75, 3.05) is 5.32 Å². The van der Waals surface area contributed by atoms with Gasteiger partial charge in [0, 0.05) is 16.6 Å². The van der Waals surface area contributed by atoms with Crippen LogP contribution < -0.4 is 10.1 Å². The van der Waals surface area contributed by atoms with E-state index in [1.54, 1.807) is 6.07 Å². The number of nitrogens with zero attached hydrogens (tertiary/aromatic N) is 1. The molecule has 4 rings (SSSR count). The monoisotopic (exact) mass is 580 g/mol. The van der Waals surface area contributed by atoms with Crippen LogP contribution in [0.15, 0.2) is 78.9 Å². The van der Waals surface area contributed by atoms with Gasteiger partial charge in [-0.2, -0.15) is 0 Å². The van der Waals surface area contributed by atoms with Crippen molar-refractivity contribution in [2.24, 2.45) is 0 Å². The molecule has 0 aliphatic carbocycles. The van der Waals surface area contributed by atoms with Crippen LogP contribution in [0.2, 0.25) is 5.02 Å². The third-order valence-corrected chi connectivity index (χ3v) is 7.62. The second-order valence-electron chi connectivity index (χ2n) is 10.5. The number of unbranched alkanes of at least 4 members (excludes halogenated alkanes) is 1. The Kier molecular flexibility index (Phi) is 10.2. The lowest BCUT2D eigenvalue weighted by atomic mass is 9.98. The van der Waals surface area contributed by atoms with E-state index in [9.17, 15) is 9.90 Å². The van der Waals surface area contributed by atoms with Gasteiger partial charge in [-0.1, -0.05) is 79.6 Å². The molecule has 0 aliphatic heterocycles. The normalized spacial score (nSPS) is 12.4. The zero-order valence-electron chi connectivity index (χ0n) is 24.7. The van der Waals surface area contributed by atoms with E-state index in [0.29, 0.717) is 22.8 Å². The van der Waals surface area contributed by atoms with Crippen molar-refractivity contribution in [3.05, 3.63) is 123 Å². The van der Waals surface area contributed by atoms with E-state index in [1.165, 1.54) is 0 Å². The third kappa shape index (κ3) is 7.68. The third-order valence-electron chi connectivity index (χ3n) is 7.03. The number of aromatic nitrogens is 1. The molecule has 4 aromatic rings. The van der Waals surface area contributed by atoms with E-state index in [1.807, 2.05) is 107 Å². The van der Waals surface area contributed by atoms with Gasteiger partial charge in [-0.25, -0.2) is 9.78 Å². The Labute approximate surface area is 253 Å². The zero-order chi connectivity index (χ0) is 30.2. The minimum absolute atomic E-state index is 0.153. The van der Waals surface area contributed by atoms with Gasteiger partial charge in [0.05, 0.1) is 11.3 Å². The maximum absolute atomic E-state index is 12.5. The van der Waals surface area contributed by atoms with Gasteiger partial charge < -0.3 is 15.2 Å². The van der Waals surface area contributed by atoms with Crippen molar-refractivity contribution in [3.63, 3.8) is 0 Å². The molecule has 0 aliphatic rings. The summed E-state index contributed by atoms with van der Waals surface area (Å²) in [6, 6.07) is 23.1. The molecular weight excluding hydrogens is 544 g/mol. The smallest absolute Gasteiger partial charge is 0.336 e. The number of carbonyl (C=O) groups is 1. The van der Waals surface area contributed by atoms with Gasteiger partial charge in [-0.05, 0) is 98.4 Å². The van der Waals surface area contributed by atoms with E-state index >= 15 is 0 Å². The lowest BCUT2D eigenvalue weighted by Gasteiger charge is -2.20. The van der Waals surface area contributed by atoms with E-state index in [0.717, 1.165) is 51.4 Å². The van der Waals surface area contributed by atoms with E-state index < -0.39 is 5.97 Å². The van der Waals surface area contributed by atoms with Crippen LogP contribution in [0.1, 0.15) is 83.5 Å². The van der Waals surface area contributed by atoms with Gasteiger partial charge in [0.15, 0.2) is 0 Å². The predicted octanol–water partition coefficient (Wildman–Crippen LogP) is 10.4. The van der Waals surface area contributed by atoms with Crippen molar-refractivity contribution in [2.45, 2.75) is 53.5 Å². The fraction of sp³-hybridized carbons (Fsp3) is 0.222. The number of rotatable bonds is 11. The van der Waals surface area contributed by atoms with Crippen molar-refractivity contribution in [1.29, 1.82) is 0 Å². The molecule has 1 atom stereocenters.